The number of aryl methyl sites for hydroxylation is 1. The van der Waals surface area contributed by atoms with E-state index in [4.69, 9.17) is 4.98 Å². The van der Waals surface area contributed by atoms with Crippen molar-refractivity contribution in [2.45, 2.75) is 29.6 Å². The van der Waals surface area contributed by atoms with Crippen LogP contribution in [0.2, 0.25) is 0 Å². The zero-order valence-corrected chi connectivity index (χ0v) is 17.9. The average molecular weight is 427 g/mol. The minimum Gasteiger partial charge on any atom is -0.360 e. The molecule has 6 nitrogen and oxygen atoms in total. The van der Waals surface area contributed by atoms with E-state index in [0.29, 0.717) is 5.82 Å². The second kappa shape index (κ2) is 8.76. The Morgan fingerprint density at radius 2 is 2.04 bits per heavy atom. The molecular weight excluding hydrogens is 408 g/mol. The van der Waals surface area contributed by atoms with E-state index < -0.39 is 0 Å². The van der Waals surface area contributed by atoms with Crippen LogP contribution < -0.4 is 5.32 Å². The smallest absolute Gasteiger partial charge is 0.206 e. The molecule has 4 aromatic rings. The maximum absolute atomic E-state index is 4.74. The first kappa shape index (κ1) is 19.0. The summed E-state index contributed by atoms with van der Waals surface area (Å²) in [6, 6.07) is 8.07. The zero-order chi connectivity index (χ0) is 19.3. The maximum atomic E-state index is 4.74. The van der Waals surface area contributed by atoms with Gasteiger partial charge in [-0.15, -0.1) is 21.5 Å². The lowest BCUT2D eigenvalue weighted by Gasteiger charge is -2.08. The number of pyridine rings is 1. The lowest BCUT2D eigenvalue weighted by Crippen LogP contribution is -2.03. The molecule has 1 N–H and O–H groups in total. The fourth-order valence-corrected chi connectivity index (χ4v) is 5.01. The number of rotatable bonds is 7. The molecule has 9 heteroatoms. The van der Waals surface area contributed by atoms with Crippen molar-refractivity contribution < 1.29 is 0 Å². The summed E-state index contributed by atoms with van der Waals surface area (Å²) in [6.07, 6.45) is 4.51. The van der Waals surface area contributed by atoms with E-state index >= 15 is 0 Å². The number of nitrogens with zero attached hydrogens (tertiary/aromatic N) is 5. The van der Waals surface area contributed by atoms with Crippen molar-refractivity contribution in [3.8, 4) is 11.4 Å². The van der Waals surface area contributed by atoms with Crippen molar-refractivity contribution in [1.29, 1.82) is 0 Å². The van der Waals surface area contributed by atoms with Gasteiger partial charge in [-0.1, -0.05) is 17.4 Å². The highest BCUT2D eigenvalue weighted by Gasteiger charge is 2.14. The van der Waals surface area contributed by atoms with Gasteiger partial charge in [-0.05, 0) is 55.6 Å². The van der Waals surface area contributed by atoms with Crippen LogP contribution in [0.5, 0.6) is 0 Å². The lowest BCUT2D eigenvalue weighted by atomic mass is 10.2. The van der Waals surface area contributed by atoms with Gasteiger partial charge in [0, 0.05) is 40.6 Å². The Morgan fingerprint density at radius 3 is 2.82 bits per heavy atom. The van der Waals surface area contributed by atoms with E-state index in [2.05, 4.69) is 43.0 Å². The van der Waals surface area contributed by atoms with E-state index in [0.717, 1.165) is 44.3 Å². The molecule has 4 aromatic heterocycles. The summed E-state index contributed by atoms with van der Waals surface area (Å²) in [7, 11) is 0. The number of thiophene rings is 1. The number of nitrogens with one attached hydrogen (secondary N) is 1. The molecule has 28 heavy (non-hydrogen) atoms. The van der Waals surface area contributed by atoms with Crippen LogP contribution >= 0.6 is 34.4 Å². The molecule has 142 valence electrons. The molecule has 0 saturated carbocycles. The van der Waals surface area contributed by atoms with Gasteiger partial charge < -0.3 is 5.32 Å². The third-order valence-corrected chi connectivity index (χ3v) is 7.04. The van der Waals surface area contributed by atoms with Crippen LogP contribution in [0.15, 0.2) is 51.4 Å². The molecule has 0 amide bonds. The van der Waals surface area contributed by atoms with Crippen molar-refractivity contribution in [3.63, 3.8) is 0 Å². The number of hydrogen-bond donors (Lipinski definition) is 1. The minimum absolute atomic E-state index is 0.678. The van der Waals surface area contributed by atoms with E-state index in [-0.39, 0.29) is 0 Å². The Hall–Kier alpha value is -2.36. The van der Waals surface area contributed by atoms with E-state index in [1.165, 1.54) is 16.6 Å². The maximum Gasteiger partial charge on any atom is 0.206 e. The van der Waals surface area contributed by atoms with Crippen LogP contribution in [0, 0.1) is 13.8 Å². The topological polar surface area (TPSA) is 76.5 Å². The molecule has 0 saturated heterocycles. The van der Waals surface area contributed by atoms with Crippen LogP contribution in [0.4, 0.5) is 5.13 Å². The highest BCUT2D eigenvalue weighted by molar-refractivity contribution is 8.01. The highest BCUT2D eigenvalue weighted by Crippen LogP contribution is 2.34. The third kappa shape index (κ3) is 4.54. The van der Waals surface area contributed by atoms with E-state index in [1.807, 2.05) is 26.0 Å². The number of aromatic nitrogens is 5. The van der Waals surface area contributed by atoms with Gasteiger partial charge in [-0.25, -0.2) is 9.97 Å². The van der Waals surface area contributed by atoms with E-state index in [9.17, 15) is 0 Å². The average Bonchev–Trinajstić information content (AvgIpc) is 3.38. The van der Waals surface area contributed by atoms with Gasteiger partial charge in [-0.3, -0.25) is 4.98 Å². The summed E-state index contributed by atoms with van der Waals surface area (Å²) < 4.78 is 0.858. The number of anilines is 1. The van der Waals surface area contributed by atoms with Gasteiger partial charge in [0.05, 0.1) is 0 Å². The Labute approximate surface area is 175 Å². The molecule has 4 rings (SSSR count). The van der Waals surface area contributed by atoms with Crippen LogP contribution in [0.3, 0.4) is 0 Å². The van der Waals surface area contributed by atoms with Crippen molar-refractivity contribution in [2.24, 2.45) is 0 Å². The normalized spacial score (nSPS) is 10.9. The van der Waals surface area contributed by atoms with Gasteiger partial charge in [0.2, 0.25) is 5.13 Å². The van der Waals surface area contributed by atoms with Crippen LogP contribution in [-0.4, -0.2) is 31.7 Å². The molecule has 0 aromatic carbocycles. The first-order chi connectivity index (χ1) is 13.7. The molecule has 0 aliphatic heterocycles. The summed E-state index contributed by atoms with van der Waals surface area (Å²) in [5, 5.41) is 15.7. The van der Waals surface area contributed by atoms with Crippen molar-refractivity contribution >= 4 is 39.6 Å². The monoisotopic (exact) mass is 426 g/mol. The molecule has 0 spiro atoms. The van der Waals surface area contributed by atoms with Crippen molar-refractivity contribution in [2.75, 3.05) is 11.9 Å². The van der Waals surface area contributed by atoms with Gasteiger partial charge in [-0.2, -0.15) is 0 Å². The fraction of sp³-hybridized carbons (Fsp3) is 0.211. The third-order valence-electron chi connectivity index (χ3n) is 4.08. The SMILES string of the molecule is Cc1nc(-c2cccnc2)nc(Sc2nnc(NCCc3cccs3)s2)c1C. The molecule has 4 heterocycles. The first-order valence-electron chi connectivity index (χ1n) is 8.72. The summed E-state index contributed by atoms with van der Waals surface area (Å²) in [5.74, 6) is 0.678. The van der Waals surface area contributed by atoms with Gasteiger partial charge in [0.1, 0.15) is 5.03 Å². The summed E-state index contributed by atoms with van der Waals surface area (Å²) in [6.45, 7) is 4.88. The molecule has 0 bridgehead atoms. The minimum atomic E-state index is 0.678. The highest BCUT2D eigenvalue weighted by atomic mass is 32.2. The summed E-state index contributed by atoms with van der Waals surface area (Å²) in [5.41, 5.74) is 2.91. The zero-order valence-electron chi connectivity index (χ0n) is 15.4. The first-order valence-corrected chi connectivity index (χ1v) is 11.2. The standard InChI is InChI=1S/C19H18N6S3/c1-12-13(2)22-16(14-5-3-8-20-11-14)23-17(12)27-19-25-24-18(28-19)21-9-7-15-6-4-10-26-15/h3-6,8,10-11H,7,9H2,1-2H3,(H,21,24). The van der Waals surface area contributed by atoms with Gasteiger partial charge in [0.15, 0.2) is 10.2 Å². The Balaban J connectivity index is 1.46. The van der Waals surface area contributed by atoms with Crippen LogP contribution in [0.1, 0.15) is 16.1 Å². The second-order valence-corrected chi connectivity index (χ2v) is 9.28. The molecule has 0 fully saturated rings. The van der Waals surface area contributed by atoms with Gasteiger partial charge >= 0.3 is 0 Å². The fourth-order valence-electron chi connectivity index (χ4n) is 2.48. The Morgan fingerprint density at radius 1 is 1.11 bits per heavy atom. The van der Waals surface area contributed by atoms with Crippen LogP contribution in [-0.2, 0) is 6.42 Å². The predicted octanol–water partition coefficient (Wildman–Crippen LogP) is 4.87. The summed E-state index contributed by atoms with van der Waals surface area (Å²) in [4.78, 5) is 14.9. The molecular formula is C19H18N6S3. The number of hydrogen-bond acceptors (Lipinski definition) is 9. The molecule has 0 aliphatic carbocycles. The van der Waals surface area contributed by atoms with E-state index in [1.54, 1.807) is 35.1 Å². The molecule has 0 atom stereocenters. The predicted molar refractivity (Wildman–Crippen MR) is 115 cm³/mol. The quantitative estimate of drug-likeness (QED) is 0.422. The Kier molecular flexibility index (Phi) is 5.94. The molecule has 0 aliphatic rings. The van der Waals surface area contributed by atoms with Crippen molar-refractivity contribution in [3.05, 3.63) is 58.2 Å². The van der Waals surface area contributed by atoms with Gasteiger partial charge in [0.25, 0.3) is 0 Å². The lowest BCUT2D eigenvalue weighted by molar-refractivity contribution is 0.957. The Bertz CT molecular complexity index is 1050. The largest absolute Gasteiger partial charge is 0.360 e. The second-order valence-electron chi connectivity index (χ2n) is 6.04. The summed E-state index contributed by atoms with van der Waals surface area (Å²) >= 11 is 4.84. The van der Waals surface area contributed by atoms with Crippen molar-refractivity contribution in [1.82, 2.24) is 25.1 Å². The molecule has 0 unspecified atom stereocenters. The van der Waals surface area contributed by atoms with Crippen LogP contribution in [0.25, 0.3) is 11.4 Å². The molecule has 0 radical (unpaired) electrons.